The summed E-state index contributed by atoms with van der Waals surface area (Å²) >= 11 is 0. The van der Waals surface area contributed by atoms with Gasteiger partial charge in [0.05, 0.1) is 25.4 Å². The topological polar surface area (TPSA) is 182 Å². The van der Waals surface area contributed by atoms with Crippen molar-refractivity contribution >= 4 is 35.1 Å². The lowest BCUT2D eigenvalue weighted by atomic mass is 9.48. The van der Waals surface area contributed by atoms with Crippen molar-refractivity contribution in [2.24, 2.45) is 40.9 Å². The summed E-state index contributed by atoms with van der Waals surface area (Å²) in [7, 11) is 0. The van der Waals surface area contributed by atoms with Gasteiger partial charge in [-0.05, 0) is 227 Å². The smallest absolute Gasteiger partial charge is 0.340 e. The van der Waals surface area contributed by atoms with E-state index < -0.39 is 66.7 Å². The maximum absolute atomic E-state index is 16.6. The number of rotatable bonds is 8. The van der Waals surface area contributed by atoms with Gasteiger partial charge in [0.25, 0.3) is 0 Å². The molecule has 6 aromatic carbocycles. The Labute approximate surface area is 589 Å². The predicted octanol–water partition coefficient (Wildman–Crippen LogP) is 15.4. The molecular formula is C89H88O12. The Bertz CT molecular complexity index is 4800. The van der Waals surface area contributed by atoms with Crippen molar-refractivity contribution in [3.05, 3.63) is 262 Å². The molecule has 4 heterocycles. The van der Waals surface area contributed by atoms with Gasteiger partial charge in [0.1, 0.15) is 18.1 Å². The molecule has 0 saturated heterocycles. The van der Waals surface area contributed by atoms with Crippen molar-refractivity contribution in [3.63, 3.8) is 0 Å². The first-order chi connectivity index (χ1) is 49.4. The van der Waals surface area contributed by atoms with Crippen LogP contribution in [-0.4, -0.2) is 70.7 Å². The molecule has 2 fully saturated rings. The Balaban J connectivity index is 0.875. The van der Waals surface area contributed by atoms with E-state index in [1.165, 1.54) is 79.6 Å². The first kappa shape index (κ1) is 63.7. The fourth-order valence-electron chi connectivity index (χ4n) is 23.5. The number of fused-ring (bicyclic) bond motifs is 7. The van der Waals surface area contributed by atoms with Gasteiger partial charge in [0.2, 0.25) is 0 Å². The molecule has 0 radical (unpaired) electrons. The van der Waals surface area contributed by atoms with Crippen LogP contribution in [0, 0.1) is 40.9 Å². The summed E-state index contributed by atoms with van der Waals surface area (Å²) in [5.74, 6) is -1.76. The van der Waals surface area contributed by atoms with Crippen molar-refractivity contribution in [2.45, 2.75) is 169 Å². The molecule has 1 aromatic heterocycles. The summed E-state index contributed by atoms with van der Waals surface area (Å²) in [6.45, 7) is -0.279. The highest BCUT2D eigenvalue weighted by molar-refractivity contribution is 5.91. The molecule has 101 heavy (non-hydrogen) atoms. The Morgan fingerprint density at radius 1 is 0.723 bits per heavy atom. The molecule has 3 aliphatic heterocycles. The van der Waals surface area contributed by atoms with Crippen LogP contribution in [-0.2, 0) is 55.1 Å². The van der Waals surface area contributed by atoms with E-state index in [4.69, 9.17) is 23.4 Å². The standard InChI is InChI=1S/C89H88O12/c1-49(45-91)69-42-71-58-36-51-15-13-50(14-16-51)35-52-17-18-54-19-23-61-8-4-9-62-24-27-67-65(11-5-12-75(67)89(61,62)76(54)37-52)55-20-25-63-56-21-26-66(71)70(40-56)60(39-58)44-87-32-6-33-88(78(87)43-72-64-10-3-2-7-53(64)22-29-74(72)87)84(100-85(69)95)83(98-79(94)41-59(63)38-55)81-77(101-88)30-28-68-73(46-92)80(86(96)99-82(68)81)57(31-34-90)47-97-48-93/h2-3,5-7,10-23,25-26,28-30,32,37,40,55,57-63,71-72,74,78,83-84,90-93H,4,8-9,24,27,31,33-36,38-39,41-48H2,1H3/t55-,57+,58-,59+,60+,61+,62-,63+,71-,72-,74-,78-,83+,84-,87-,88-,89-/m0/s1. The molecule has 2 saturated carbocycles. The van der Waals surface area contributed by atoms with Crippen molar-refractivity contribution in [2.75, 3.05) is 26.6 Å². The number of aliphatic hydroxyl groups is 4. The van der Waals surface area contributed by atoms with Crippen LogP contribution in [0.3, 0.4) is 0 Å². The number of ether oxygens (including phenoxy) is 4. The van der Waals surface area contributed by atoms with E-state index in [9.17, 15) is 20.4 Å². The number of esters is 2. The Hall–Kier alpha value is -8.23. The molecule has 2 spiro atoms. The molecular weight excluding hydrogens is 1260 g/mol. The Morgan fingerprint density at radius 2 is 1.57 bits per heavy atom. The van der Waals surface area contributed by atoms with E-state index >= 15 is 14.4 Å². The normalized spacial score (nSPS) is 33.2. The number of aliphatic hydroxyl groups excluding tert-OH is 4. The molecule has 17 atom stereocenters. The van der Waals surface area contributed by atoms with Gasteiger partial charge < -0.3 is 43.8 Å². The van der Waals surface area contributed by atoms with Crippen molar-refractivity contribution in [1.29, 1.82) is 0 Å². The summed E-state index contributed by atoms with van der Waals surface area (Å²) in [4.78, 5) is 48.3. The van der Waals surface area contributed by atoms with Gasteiger partial charge in [-0.25, -0.2) is 9.59 Å². The monoisotopic (exact) mass is 1350 g/mol. The molecule has 26 rings (SSSR count). The van der Waals surface area contributed by atoms with Gasteiger partial charge in [0.15, 0.2) is 17.8 Å². The molecule has 12 heteroatoms. The summed E-state index contributed by atoms with van der Waals surface area (Å²) in [6, 6.07) is 43.4. The van der Waals surface area contributed by atoms with Crippen LogP contribution >= 0.6 is 0 Å². The lowest BCUT2D eigenvalue weighted by molar-refractivity contribution is -0.210. The second-order valence-electron chi connectivity index (χ2n) is 32.1. The van der Waals surface area contributed by atoms with Gasteiger partial charge in [-0.1, -0.05) is 158 Å². The third-order valence-corrected chi connectivity index (χ3v) is 27.7. The second kappa shape index (κ2) is 24.5. The van der Waals surface area contributed by atoms with Crippen LogP contribution in [0.4, 0.5) is 0 Å². The lowest BCUT2D eigenvalue weighted by Gasteiger charge is -2.56. The first-order valence-corrected chi connectivity index (χ1v) is 37.6. The summed E-state index contributed by atoms with van der Waals surface area (Å²) in [6.07, 6.45) is 27.2. The molecule has 0 unspecified atom stereocenters. The van der Waals surface area contributed by atoms with Gasteiger partial charge in [0, 0.05) is 70.5 Å². The van der Waals surface area contributed by atoms with Gasteiger partial charge in [-0.3, -0.25) is 4.79 Å². The number of hydrogen-bond donors (Lipinski definition) is 4. The molecule has 16 aliphatic carbocycles. The first-order valence-electron chi connectivity index (χ1n) is 37.6. The summed E-state index contributed by atoms with van der Waals surface area (Å²) in [5.41, 5.74) is 15.3. The molecule has 7 aromatic rings. The largest absolute Gasteiger partial charge is 0.482 e. The van der Waals surface area contributed by atoms with Gasteiger partial charge >= 0.3 is 17.6 Å². The van der Waals surface area contributed by atoms with Crippen LogP contribution in [0.2, 0.25) is 0 Å². The minimum atomic E-state index is -1.44. The minimum absolute atomic E-state index is 0.00199. The number of carbonyl (C=O) groups is 2. The van der Waals surface area contributed by atoms with Crippen LogP contribution in [0.15, 0.2) is 172 Å². The van der Waals surface area contributed by atoms with Gasteiger partial charge in [-0.15, -0.1) is 0 Å². The highest BCUT2D eigenvalue weighted by Crippen LogP contribution is 2.71. The van der Waals surface area contributed by atoms with E-state index in [0.29, 0.717) is 47.0 Å². The third kappa shape index (κ3) is 9.65. The number of benzene rings is 6. The van der Waals surface area contributed by atoms with E-state index in [1.54, 1.807) is 6.07 Å². The summed E-state index contributed by atoms with van der Waals surface area (Å²) < 4.78 is 35.1. The molecule has 12 nitrogen and oxygen atoms in total. The number of hydrogen-bond acceptors (Lipinski definition) is 12. The minimum Gasteiger partial charge on any atom is -0.482 e. The fourth-order valence-corrected chi connectivity index (χ4v) is 23.5. The van der Waals surface area contributed by atoms with E-state index in [1.807, 2.05) is 13.0 Å². The van der Waals surface area contributed by atoms with Crippen LogP contribution in [0.5, 0.6) is 5.75 Å². The zero-order valence-corrected chi connectivity index (χ0v) is 57.4. The fraction of sp³-hybridized carbons (Fsp3) is 0.427. The van der Waals surface area contributed by atoms with E-state index in [0.717, 1.165) is 50.5 Å². The highest BCUT2D eigenvalue weighted by atomic mass is 16.6. The highest BCUT2D eigenvalue weighted by Gasteiger charge is 2.70. The molecule has 516 valence electrons. The molecule has 0 amide bonds. The maximum Gasteiger partial charge on any atom is 0.340 e. The SMILES string of the molecule is CC(CO)=C1C[C@@H]2c3ccc4cc3[C@@H]3C[C@@H]2Cc2ccc(cc2)Cc2ccc5c(c2)[C@]26c7cccc(c7CC[C@@H]2CCC[C@@H]6C=C5)[C@H]2C=C[C@H]4[C@@H](CC(=O)O[C@@H]4c5c(ccc6c(CO)c([C@H](CCO)COCO)c(=O)oc56)O[C@]5(CC=C[C@]6(C3)[C@H]3C=Cc7ccccc7[C@@H]3C[C@@H]65)[C@H]4OC1=O)C2. The third-order valence-electron chi connectivity index (χ3n) is 27.7. The zero-order valence-electron chi connectivity index (χ0n) is 57.4. The molecule has 21 bridgehead atoms. The van der Waals surface area contributed by atoms with E-state index in [2.05, 4.69) is 152 Å². The van der Waals surface area contributed by atoms with Crippen molar-refractivity contribution in [1.82, 2.24) is 0 Å². The lowest BCUT2D eigenvalue weighted by Crippen LogP contribution is -2.64. The quantitative estimate of drug-likeness (QED) is 0.0372. The molecule has 19 aliphatic rings. The average Bonchev–Trinajstić information content (AvgIpc) is 1.63. The van der Waals surface area contributed by atoms with Crippen LogP contribution in [0.25, 0.3) is 23.1 Å². The van der Waals surface area contributed by atoms with Crippen molar-refractivity contribution in [3.8, 4) is 5.75 Å². The molecule has 4 N–H and O–H groups in total. The second-order valence-corrected chi connectivity index (χ2v) is 32.1. The number of carbonyl (C=O) groups excluding carboxylic acids is 2. The zero-order chi connectivity index (χ0) is 68.2. The maximum atomic E-state index is 16.6. The Kier molecular flexibility index (Phi) is 15.4. The summed E-state index contributed by atoms with van der Waals surface area (Å²) in [5, 5.41) is 43.7. The Morgan fingerprint density at radius 3 is 2.44 bits per heavy atom. The average molecular weight is 1350 g/mol. The van der Waals surface area contributed by atoms with E-state index in [-0.39, 0.29) is 120 Å². The van der Waals surface area contributed by atoms with Crippen molar-refractivity contribution < 1.29 is 53.4 Å². The van der Waals surface area contributed by atoms with Gasteiger partial charge in [-0.2, -0.15) is 0 Å². The number of allylic oxidation sites excluding steroid dienone is 5. The van der Waals surface area contributed by atoms with Crippen LogP contribution in [0.1, 0.15) is 215 Å². The van der Waals surface area contributed by atoms with Crippen LogP contribution < -0.4 is 10.4 Å². The predicted molar refractivity (Wildman–Crippen MR) is 385 cm³/mol.